The predicted octanol–water partition coefficient (Wildman–Crippen LogP) is 3.51. The van der Waals surface area contributed by atoms with Crippen molar-refractivity contribution in [2.45, 2.75) is 56.5 Å². The van der Waals surface area contributed by atoms with Gasteiger partial charge in [-0.2, -0.15) is 0 Å². The Morgan fingerprint density at radius 3 is 2.33 bits per heavy atom. The first kappa shape index (κ1) is 25.2. The Morgan fingerprint density at radius 1 is 1.12 bits per heavy atom. The van der Waals surface area contributed by atoms with Gasteiger partial charge in [-0.05, 0) is 63.9 Å². The highest BCUT2D eigenvalue weighted by Crippen LogP contribution is 2.45. The molecule has 1 aliphatic rings. The number of fused-ring (bicyclic) bond motifs is 1. The Labute approximate surface area is 198 Å². The van der Waals surface area contributed by atoms with Gasteiger partial charge >= 0.3 is 5.97 Å². The summed E-state index contributed by atoms with van der Waals surface area (Å²) in [6.45, 7) is 8.16. The van der Waals surface area contributed by atoms with Gasteiger partial charge in [-0.15, -0.1) is 11.3 Å². The quantitative estimate of drug-likeness (QED) is 0.567. The van der Waals surface area contributed by atoms with Crippen LogP contribution in [0, 0.1) is 0 Å². The summed E-state index contributed by atoms with van der Waals surface area (Å²) in [5, 5.41) is 6.71. The number of ether oxygens (including phenoxy) is 2. The minimum Gasteiger partial charge on any atom is -0.497 e. The molecular formula is C23H30N2O6S2. The van der Waals surface area contributed by atoms with Crippen molar-refractivity contribution in [1.29, 1.82) is 0 Å². The second kappa shape index (κ2) is 9.08. The maximum atomic E-state index is 12.7. The maximum Gasteiger partial charge on any atom is 0.341 e. The third kappa shape index (κ3) is 5.39. The Bertz CT molecular complexity index is 1160. The van der Waals surface area contributed by atoms with E-state index in [0.29, 0.717) is 22.7 Å². The van der Waals surface area contributed by atoms with E-state index in [9.17, 15) is 18.0 Å². The second-order valence-corrected chi connectivity index (χ2v) is 12.3. The zero-order valence-corrected chi connectivity index (χ0v) is 21.3. The molecule has 1 amide bonds. The average Bonchev–Trinajstić information content (AvgIpc) is 3.08. The molecule has 33 heavy (non-hydrogen) atoms. The Balaban J connectivity index is 1.82. The molecule has 1 aromatic heterocycles. The van der Waals surface area contributed by atoms with Gasteiger partial charge in [0.2, 0.25) is 5.91 Å². The predicted molar refractivity (Wildman–Crippen MR) is 128 cm³/mol. The summed E-state index contributed by atoms with van der Waals surface area (Å²) in [5.41, 5.74) is 0.521. The van der Waals surface area contributed by atoms with E-state index in [1.165, 1.54) is 37.7 Å². The van der Waals surface area contributed by atoms with Crippen molar-refractivity contribution in [3.05, 3.63) is 40.3 Å². The summed E-state index contributed by atoms with van der Waals surface area (Å²) in [6.07, 6.45) is 0.346. The van der Waals surface area contributed by atoms with Crippen LogP contribution in [0.4, 0.5) is 5.00 Å². The van der Waals surface area contributed by atoms with Gasteiger partial charge in [-0.3, -0.25) is 4.79 Å². The minimum absolute atomic E-state index is 0.119. The summed E-state index contributed by atoms with van der Waals surface area (Å²) in [7, 11) is -0.855. The van der Waals surface area contributed by atoms with Gasteiger partial charge in [-0.25, -0.2) is 13.2 Å². The largest absolute Gasteiger partial charge is 0.497 e. The van der Waals surface area contributed by atoms with Crippen LogP contribution in [0.1, 0.15) is 54.9 Å². The number of amides is 1. The van der Waals surface area contributed by atoms with E-state index in [1.807, 2.05) is 13.8 Å². The van der Waals surface area contributed by atoms with E-state index in [4.69, 9.17) is 9.47 Å². The summed E-state index contributed by atoms with van der Waals surface area (Å²) in [4.78, 5) is 26.4. The number of rotatable bonds is 7. The van der Waals surface area contributed by atoms with Gasteiger partial charge < -0.3 is 20.1 Å². The number of carbonyl (C=O) groups is 2. The van der Waals surface area contributed by atoms with Gasteiger partial charge in [0.25, 0.3) is 0 Å². The first-order chi connectivity index (χ1) is 15.3. The fraction of sp³-hybridized carbons (Fsp3) is 0.478. The Morgan fingerprint density at radius 2 is 1.76 bits per heavy atom. The lowest BCUT2D eigenvalue weighted by atomic mass is 9.81. The molecule has 0 radical (unpaired) electrons. The van der Waals surface area contributed by atoms with Crippen LogP contribution in [-0.4, -0.2) is 45.8 Å². The first-order valence-corrected chi connectivity index (χ1v) is 13.0. The van der Waals surface area contributed by atoms with Gasteiger partial charge in [0.1, 0.15) is 10.8 Å². The lowest BCUT2D eigenvalue weighted by Crippen LogP contribution is -2.55. The SMILES string of the molecule is COC(=O)c1c(NC(=O)CCS(=O)(=O)c2ccc(OC)cc2)sc2c1CC(C)(C)NC2(C)C. The van der Waals surface area contributed by atoms with Gasteiger partial charge in [-0.1, -0.05) is 0 Å². The third-order valence-corrected chi connectivity index (χ3v) is 8.71. The highest BCUT2D eigenvalue weighted by atomic mass is 32.2. The zero-order chi connectivity index (χ0) is 24.6. The van der Waals surface area contributed by atoms with Crippen LogP contribution >= 0.6 is 11.3 Å². The van der Waals surface area contributed by atoms with Gasteiger partial charge in [0.15, 0.2) is 9.84 Å². The smallest absolute Gasteiger partial charge is 0.341 e. The summed E-state index contributed by atoms with van der Waals surface area (Å²) < 4.78 is 35.3. The number of sulfone groups is 1. The molecule has 8 nitrogen and oxygen atoms in total. The van der Waals surface area contributed by atoms with Crippen molar-refractivity contribution in [2.75, 3.05) is 25.3 Å². The molecule has 0 unspecified atom stereocenters. The molecule has 1 aromatic carbocycles. The van der Waals surface area contributed by atoms with Gasteiger partial charge in [0, 0.05) is 22.4 Å². The highest BCUT2D eigenvalue weighted by Gasteiger charge is 2.42. The molecule has 0 fully saturated rings. The number of anilines is 1. The van der Waals surface area contributed by atoms with Crippen LogP contribution < -0.4 is 15.4 Å². The molecule has 1 aliphatic heterocycles. The van der Waals surface area contributed by atoms with Crippen LogP contribution in [0.15, 0.2) is 29.2 Å². The number of esters is 1. The molecule has 2 aromatic rings. The topological polar surface area (TPSA) is 111 Å². The van der Waals surface area contributed by atoms with Crippen LogP contribution in [0.25, 0.3) is 0 Å². The molecule has 0 bridgehead atoms. The van der Waals surface area contributed by atoms with Crippen molar-refractivity contribution in [1.82, 2.24) is 5.32 Å². The normalized spacial score (nSPS) is 16.5. The minimum atomic E-state index is -3.65. The standard InChI is InChI=1S/C23H30N2O6S2/c1-22(2)13-16-18(21(27)31-6)20(32-19(16)23(3,4)25-22)24-17(26)11-12-33(28,29)15-9-7-14(30-5)8-10-15/h7-10,25H,11-13H2,1-6H3,(H,24,26). The average molecular weight is 495 g/mol. The highest BCUT2D eigenvalue weighted by molar-refractivity contribution is 7.91. The molecule has 0 saturated heterocycles. The molecule has 0 aliphatic carbocycles. The van der Waals surface area contributed by atoms with Crippen molar-refractivity contribution in [2.24, 2.45) is 0 Å². The van der Waals surface area contributed by atoms with Crippen LogP contribution in [0.2, 0.25) is 0 Å². The molecule has 2 N–H and O–H groups in total. The lowest BCUT2D eigenvalue weighted by Gasteiger charge is -2.42. The zero-order valence-electron chi connectivity index (χ0n) is 19.7. The molecule has 10 heteroatoms. The van der Waals surface area contributed by atoms with E-state index in [0.717, 1.165) is 10.4 Å². The van der Waals surface area contributed by atoms with Crippen LogP contribution in [0.3, 0.4) is 0 Å². The number of nitrogens with one attached hydrogen (secondary N) is 2. The number of hydrogen-bond donors (Lipinski definition) is 2. The number of carbonyl (C=O) groups excluding carboxylic acids is 2. The Hall–Kier alpha value is -2.43. The number of hydrogen-bond acceptors (Lipinski definition) is 8. The van der Waals surface area contributed by atoms with Gasteiger partial charge in [0.05, 0.1) is 30.4 Å². The molecule has 0 spiro atoms. The van der Waals surface area contributed by atoms with E-state index in [-0.39, 0.29) is 22.6 Å². The maximum absolute atomic E-state index is 12.7. The fourth-order valence-corrected chi connectivity index (χ4v) is 6.77. The number of benzene rings is 1. The van der Waals surface area contributed by atoms with Crippen molar-refractivity contribution >= 4 is 38.1 Å². The monoisotopic (exact) mass is 494 g/mol. The van der Waals surface area contributed by atoms with Crippen molar-refractivity contribution < 1.29 is 27.5 Å². The second-order valence-electron chi connectivity index (χ2n) is 9.21. The van der Waals surface area contributed by atoms with E-state index in [1.54, 1.807) is 12.1 Å². The number of thiophene rings is 1. The molecular weight excluding hydrogens is 464 g/mol. The molecule has 3 rings (SSSR count). The van der Waals surface area contributed by atoms with Crippen LogP contribution in [-0.2, 0) is 31.3 Å². The lowest BCUT2D eigenvalue weighted by molar-refractivity contribution is -0.115. The molecule has 0 saturated carbocycles. The van der Waals surface area contributed by atoms with Crippen molar-refractivity contribution in [3.63, 3.8) is 0 Å². The molecule has 180 valence electrons. The fourth-order valence-electron chi connectivity index (χ4n) is 4.25. The third-order valence-electron chi connectivity index (χ3n) is 5.50. The van der Waals surface area contributed by atoms with Crippen molar-refractivity contribution in [3.8, 4) is 5.75 Å². The first-order valence-electron chi connectivity index (χ1n) is 10.5. The summed E-state index contributed by atoms with van der Waals surface area (Å²) in [6, 6.07) is 6.02. The Kier molecular flexibility index (Phi) is 6.93. The molecule has 0 atom stereocenters. The van der Waals surface area contributed by atoms with Crippen LogP contribution in [0.5, 0.6) is 5.75 Å². The molecule has 2 heterocycles. The van der Waals surface area contributed by atoms with E-state index < -0.39 is 27.3 Å². The van der Waals surface area contributed by atoms with E-state index >= 15 is 0 Å². The number of methoxy groups -OCH3 is 2. The van der Waals surface area contributed by atoms with E-state index in [2.05, 4.69) is 24.5 Å². The summed E-state index contributed by atoms with van der Waals surface area (Å²) in [5.74, 6) is -0.823. The summed E-state index contributed by atoms with van der Waals surface area (Å²) >= 11 is 1.32.